The Morgan fingerprint density at radius 2 is 2.06 bits per heavy atom. The Kier molecular flexibility index (Phi) is 2.75. The summed E-state index contributed by atoms with van der Waals surface area (Å²) in [5, 5.41) is 3.65. The SMILES string of the molecule is CC1CCC(Nc2cccc3nccn23)CC1. The second-order valence-electron chi connectivity index (χ2n) is 5.17. The van der Waals surface area contributed by atoms with Gasteiger partial charge < -0.3 is 5.32 Å². The van der Waals surface area contributed by atoms with Gasteiger partial charge in [0.15, 0.2) is 0 Å². The van der Waals surface area contributed by atoms with Gasteiger partial charge in [0.25, 0.3) is 0 Å². The van der Waals surface area contributed by atoms with Crippen molar-refractivity contribution in [3.05, 3.63) is 30.6 Å². The third-order valence-electron chi connectivity index (χ3n) is 3.80. The van der Waals surface area contributed by atoms with E-state index in [0.717, 1.165) is 11.6 Å². The zero-order valence-corrected chi connectivity index (χ0v) is 10.3. The topological polar surface area (TPSA) is 29.3 Å². The number of rotatable bonds is 2. The van der Waals surface area contributed by atoms with Gasteiger partial charge in [-0.2, -0.15) is 0 Å². The molecule has 0 unspecified atom stereocenters. The van der Waals surface area contributed by atoms with Gasteiger partial charge >= 0.3 is 0 Å². The molecular weight excluding hydrogens is 210 g/mol. The van der Waals surface area contributed by atoms with E-state index >= 15 is 0 Å². The normalized spacial score (nSPS) is 25.0. The molecule has 0 amide bonds. The van der Waals surface area contributed by atoms with Crippen LogP contribution in [0.2, 0.25) is 0 Å². The number of fused-ring (bicyclic) bond motifs is 1. The fourth-order valence-electron chi connectivity index (χ4n) is 2.68. The highest BCUT2D eigenvalue weighted by atomic mass is 15.1. The van der Waals surface area contributed by atoms with Crippen molar-refractivity contribution < 1.29 is 0 Å². The maximum absolute atomic E-state index is 4.31. The molecule has 0 aliphatic heterocycles. The van der Waals surface area contributed by atoms with Gasteiger partial charge in [-0.05, 0) is 43.7 Å². The standard InChI is InChI=1S/C14H19N3/c1-11-5-7-12(8-6-11)16-14-4-2-3-13-15-9-10-17(13)14/h2-4,9-12,16H,5-8H2,1H3. The van der Waals surface area contributed by atoms with Crippen molar-refractivity contribution >= 4 is 11.5 Å². The molecule has 90 valence electrons. The van der Waals surface area contributed by atoms with Crippen molar-refractivity contribution in [1.82, 2.24) is 9.38 Å². The largest absolute Gasteiger partial charge is 0.368 e. The Morgan fingerprint density at radius 1 is 1.24 bits per heavy atom. The zero-order valence-electron chi connectivity index (χ0n) is 10.3. The fourth-order valence-corrected chi connectivity index (χ4v) is 2.68. The summed E-state index contributed by atoms with van der Waals surface area (Å²) >= 11 is 0. The molecule has 2 aromatic heterocycles. The molecule has 0 atom stereocenters. The summed E-state index contributed by atoms with van der Waals surface area (Å²) in [6.07, 6.45) is 9.13. The van der Waals surface area contributed by atoms with Gasteiger partial charge in [0.2, 0.25) is 0 Å². The number of nitrogens with one attached hydrogen (secondary N) is 1. The molecule has 0 radical (unpaired) electrons. The minimum Gasteiger partial charge on any atom is -0.368 e. The molecule has 2 heterocycles. The van der Waals surface area contributed by atoms with E-state index < -0.39 is 0 Å². The zero-order chi connectivity index (χ0) is 11.7. The molecule has 3 rings (SSSR count). The Balaban J connectivity index is 1.78. The van der Waals surface area contributed by atoms with Crippen LogP contribution in [-0.4, -0.2) is 15.4 Å². The minimum absolute atomic E-state index is 0.624. The first kappa shape index (κ1) is 10.6. The van der Waals surface area contributed by atoms with E-state index in [1.54, 1.807) is 0 Å². The summed E-state index contributed by atoms with van der Waals surface area (Å²) in [6, 6.07) is 6.86. The highest BCUT2D eigenvalue weighted by molar-refractivity contribution is 5.50. The van der Waals surface area contributed by atoms with E-state index in [9.17, 15) is 0 Å². The van der Waals surface area contributed by atoms with E-state index in [1.165, 1.54) is 31.5 Å². The predicted molar refractivity (Wildman–Crippen MR) is 70.2 cm³/mol. The molecule has 0 saturated heterocycles. The van der Waals surface area contributed by atoms with E-state index in [4.69, 9.17) is 0 Å². The number of anilines is 1. The highest BCUT2D eigenvalue weighted by Crippen LogP contribution is 2.26. The third kappa shape index (κ3) is 2.14. The molecule has 2 aromatic rings. The molecule has 17 heavy (non-hydrogen) atoms. The second-order valence-corrected chi connectivity index (χ2v) is 5.17. The Labute approximate surface area is 102 Å². The number of pyridine rings is 1. The summed E-state index contributed by atoms with van der Waals surface area (Å²) < 4.78 is 2.12. The van der Waals surface area contributed by atoms with Crippen molar-refractivity contribution in [3.8, 4) is 0 Å². The third-order valence-corrected chi connectivity index (χ3v) is 3.80. The van der Waals surface area contributed by atoms with Crippen molar-refractivity contribution in [3.63, 3.8) is 0 Å². The lowest BCUT2D eigenvalue weighted by Crippen LogP contribution is -2.26. The lowest BCUT2D eigenvalue weighted by molar-refractivity contribution is 0.360. The van der Waals surface area contributed by atoms with Crippen LogP contribution >= 0.6 is 0 Å². The summed E-state index contributed by atoms with van der Waals surface area (Å²) in [4.78, 5) is 4.31. The van der Waals surface area contributed by atoms with Gasteiger partial charge in [0.05, 0.1) is 0 Å². The summed E-state index contributed by atoms with van der Waals surface area (Å²) in [5.41, 5.74) is 1.01. The quantitative estimate of drug-likeness (QED) is 0.856. The molecule has 1 saturated carbocycles. The monoisotopic (exact) mass is 229 g/mol. The van der Waals surface area contributed by atoms with Crippen LogP contribution in [0, 0.1) is 5.92 Å². The molecule has 1 fully saturated rings. The predicted octanol–water partition coefficient (Wildman–Crippen LogP) is 3.32. The van der Waals surface area contributed by atoms with Crippen LogP contribution < -0.4 is 5.32 Å². The molecule has 1 N–H and O–H groups in total. The van der Waals surface area contributed by atoms with E-state index in [-0.39, 0.29) is 0 Å². The molecule has 1 aliphatic carbocycles. The van der Waals surface area contributed by atoms with Gasteiger partial charge in [0.1, 0.15) is 11.5 Å². The summed E-state index contributed by atoms with van der Waals surface area (Å²) in [7, 11) is 0. The number of nitrogens with zero attached hydrogens (tertiary/aromatic N) is 2. The molecule has 0 aromatic carbocycles. The molecule has 0 bridgehead atoms. The second kappa shape index (κ2) is 4.40. The van der Waals surface area contributed by atoms with Crippen molar-refractivity contribution in [2.75, 3.05) is 5.32 Å². The van der Waals surface area contributed by atoms with Crippen LogP contribution in [0.25, 0.3) is 5.65 Å². The van der Waals surface area contributed by atoms with E-state index in [2.05, 4.69) is 33.8 Å². The summed E-state index contributed by atoms with van der Waals surface area (Å²) in [6.45, 7) is 2.35. The van der Waals surface area contributed by atoms with Crippen molar-refractivity contribution in [1.29, 1.82) is 0 Å². The molecular formula is C14H19N3. The Bertz CT molecular complexity index is 495. The van der Waals surface area contributed by atoms with Crippen LogP contribution in [0.15, 0.2) is 30.6 Å². The molecule has 0 spiro atoms. The van der Waals surface area contributed by atoms with Gasteiger partial charge in [-0.15, -0.1) is 0 Å². The summed E-state index contributed by atoms with van der Waals surface area (Å²) in [5.74, 6) is 2.07. The first-order valence-electron chi connectivity index (χ1n) is 6.51. The van der Waals surface area contributed by atoms with Gasteiger partial charge in [-0.1, -0.05) is 13.0 Å². The average molecular weight is 229 g/mol. The minimum atomic E-state index is 0.624. The first-order valence-corrected chi connectivity index (χ1v) is 6.51. The number of hydrogen-bond donors (Lipinski definition) is 1. The smallest absolute Gasteiger partial charge is 0.138 e. The number of hydrogen-bond acceptors (Lipinski definition) is 2. The van der Waals surface area contributed by atoms with Crippen LogP contribution in [0.1, 0.15) is 32.6 Å². The molecule has 1 aliphatic rings. The van der Waals surface area contributed by atoms with Gasteiger partial charge in [0, 0.05) is 18.4 Å². The Morgan fingerprint density at radius 3 is 2.88 bits per heavy atom. The first-order chi connectivity index (χ1) is 8.33. The van der Waals surface area contributed by atoms with Crippen molar-refractivity contribution in [2.45, 2.75) is 38.6 Å². The number of imidazole rings is 1. The van der Waals surface area contributed by atoms with Crippen LogP contribution in [0.5, 0.6) is 0 Å². The Hall–Kier alpha value is -1.51. The van der Waals surface area contributed by atoms with Crippen LogP contribution in [-0.2, 0) is 0 Å². The van der Waals surface area contributed by atoms with Crippen molar-refractivity contribution in [2.24, 2.45) is 5.92 Å². The van der Waals surface area contributed by atoms with E-state index in [0.29, 0.717) is 6.04 Å². The van der Waals surface area contributed by atoms with Gasteiger partial charge in [-0.3, -0.25) is 4.40 Å². The maximum atomic E-state index is 4.31. The molecule has 3 heteroatoms. The van der Waals surface area contributed by atoms with Gasteiger partial charge in [-0.25, -0.2) is 4.98 Å². The number of aromatic nitrogens is 2. The fraction of sp³-hybridized carbons (Fsp3) is 0.500. The van der Waals surface area contributed by atoms with Crippen LogP contribution in [0.4, 0.5) is 5.82 Å². The average Bonchev–Trinajstić information content (AvgIpc) is 2.81. The maximum Gasteiger partial charge on any atom is 0.138 e. The molecule has 3 nitrogen and oxygen atoms in total. The van der Waals surface area contributed by atoms with E-state index in [1.807, 2.05) is 18.5 Å². The highest BCUT2D eigenvalue weighted by Gasteiger charge is 2.18. The lowest BCUT2D eigenvalue weighted by Gasteiger charge is -2.27. The lowest BCUT2D eigenvalue weighted by atomic mass is 9.87. The van der Waals surface area contributed by atoms with Crippen LogP contribution in [0.3, 0.4) is 0 Å².